The van der Waals surface area contributed by atoms with Crippen LogP contribution < -0.4 is 19.7 Å². The summed E-state index contributed by atoms with van der Waals surface area (Å²) in [7, 11) is 3.22. The quantitative estimate of drug-likeness (QED) is 0.276. The van der Waals surface area contributed by atoms with Crippen LogP contribution in [0.2, 0.25) is 0 Å². The number of nitrogens with one attached hydrogen (secondary N) is 1. The van der Waals surface area contributed by atoms with Crippen molar-refractivity contribution >= 4 is 38.9 Å². The van der Waals surface area contributed by atoms with Crippen molar-refractivity contribution in [2.75, 3.05) is 19.1 Å². The molecule has 5 rings (SSSR count). The summed E-state index contributed by atoms with van der Waals surface area (Å²) < 4.78 is 31.7. The zero-order valence-corrected chi connectivity index (χ0v) is 21.3. The highest BCUT2D eigenvalue weighted by molar-refractivity contribution is 9.10. The Hall–Kier alpha value is -3.43. The molecule has 1 saturated heterocycles. The van der Waals surface area contributed by atoms with E-state index in [0.717, 1.165) is 16.9 Å². The first-order valence-electron chi connectivity index (χ1n) is 10.8. The van der Waals surface area contributed by atoms with Crippen molar-refractivity contribution in [3.63, 3.8) is 0 Å². The Morgan fingerprint density at radius 3 is 2.63 bits per heavy atom. The van der Waals surface area contributed by atoms with Crippen molar-refractivity contribution in [3.05, 3.63) is 94.7 Å². The second kappa shape index (κ2) is 9.67. The van der Waals surface area contributed by atoms with Crippen LogP contribution in [0.5, 0.6) is 11.5 Å². The van der Waals surface area contributed by atoms with E-state index >= 15 is 0 Å². The number of benzene rings is 2. The molecule has 2 aromatic carbocycles. The van der Waals surface area contributed by atoms with Crippen LogP contribution in [0.1, 0.15) is 23.5 Å². The molecular weight excluding hydrogens is 533 g/mol. The van der Waals surface area contributed by atoms with Crippen LogP contribution in [-0.2, 0) is 0 Å². The number of halogens is 2. The SMILES string of the molecule is COc1ccc(OC)c(N2C(=S)N[C@H](c3ccccn3)[C@@H]2c2ccc(-c3ccc(F)cc3Br)o2)c1. The minimum Gasteiger partial charge on any atom is -0.497 e. The van der Waals surface area contributed by atoms with Gasteiger partial charge in [-0.05, 0) is 82.7 Å². The Morgan fingerprint density at radius 1 is 1.06 bits per heavy atom. The number of methoxy groups -OCH3 is 2. The van der Waals surface area contributed by atoms with Gasteiger partial charge in [0.05, 0.1) is 31.6 Å². The fourth-order valence-electron chi connectivity index (χ4n) is 4.23. The maximum atomic E-state index is 13.6. The summed E-state index contributed by atoms with van der Waals surface area (Å²) in [6.45, 7) is 0. The summed E-state index contributed by atoms with van der Waals surface area (Å²) in [5.74, 6) is 2.23. The van der Waals surface area contributed by atoms with E-state index in [4.69, 9.17) is 26.1 Å². The number of thiocarbonyl (C=S) groups is 1. The molecule has 0 spiro atoms. The van der Waals surface area contributed by atoms with E-state index in [1.165, 1.54) is 12.1 Å². The molecule has 0 radical (unpaired) electrons. The second-order valence-electron chi connectivity index (χ2n) is 7.86. The van der Waals surface area contributed by atoms with Crippen LogP contribution in [0.3, 0.4) is 0 Å². The van der Waals surface area contributed by atoms with Gasteiger partial charge in [0.15, 0.2) is 5.11 Å². The lowest BCUT2D eigenvalue weighted by atomic mass is 10.0. The molecule has 0 amide bonds. The van der Waals surface area contributed by atoms with Gasteiger partial charge in [0.1, 0.15) is 34.9 Å². The van der Waals surface area contributed by atoms with Gasteiger partial charge in [-0.2, -0.15) is 0 Å². The van der Waals surface area contributed by atoms with Gasteiger partial charge in [-0.25, -0.2) is 4.39 Å². The molecule has 1 N–H and O–H groups in total. The number of pyridine rings is 1. The van der Waals surface area contributed by atoms with Crippen LogP contribution >= 0.6 is 28.1 Å². The third kappa shape index (κ3) is 4.37. The predicted molar refractivity (Wildman–Crippen MR) is 139 cm³/mol. The third-order valence-corrected chi connectivity index (χ3v) is 6.83. The first-order chi connectivity index (χ1) is 17.0. The van der Waals surface area contributed by atoms with Gasteiger partial charge in [0, 0.05) is 22.3 Å². The number of rotatable bonds is 6. The average molecular weight is 554 g/mol. The molecule has 3 heterocycles. The minimum absolute atomic E-state index is 0.296. The fraction of sp³-hybridized carbons (Fsp3) is 0.154. The summed E-state index contributed by atoms with van der Waals surface area (Å²) >= 11 is 9.23. The molecule has 0 saturated carbocycles. The van der Waals surface area contributed by atoms with Crippen LogP contribution in [0.15, 0.2) is 81.8 Å². The zero-order valence-electron chi connectivity index (χ0n) is 18.9. The number of furan rings is 1. The highest BCUT2D eigenvalue weighted by Crippen LogP contribution is 2.46. The van der Waals surface area contributed by atoms with E-state index < -0.39 is 0 Å². The smallest absolute Gasteiger partial charge is 0.174 e. The lowest BCUT2D eigenvalue weighted by Gasteiger charge is -2.27. The number of hydrogen-bond acceptors (Lipinski definition) is 5. The van der Waals surface area contributed by atoms with Crippen LogP contribution in [0, 0.1) is 5.82 Å². The van der Waals surface area contributed by atoms with Crippen molar-refractivity contribution < 1.29 is 18.3 Å². The summed E-state index contributed by atoms with van der Waals surface area (Å²) in [4.78, 5) is 6.53. The molecule has 1 aliphatic heterocycles. The highest BCUT2D eigenvalue weighted by Gasteiger charge is 2.43. The molecule has 0 unspecified atom stereocenters. The van der Waals surface area contributed by atoms with Crippen molar-refractivity contribution in [3.8, 4) is 22.8 Å². The molecule has 1 aliphatic rings. The van der Waals surface area contributed by atoms with Gasteiger partial charge in [0.25, 0.3) is 0 Å². The van der Waals surface area contributed by atoms with Crippen molar-refractivity contribution in [1.29, 1.82) is 0 Å². The fourth-order valence-corrected chi connectivity index (χ4v) is 5.12. The summed E-state index contributed by atoms with van der Waals surface area (Å²) in [6.07, 6.45) is 1.75. The first kappa shape index (κ1) is 23.3. The normalized spacial score (nSPS) is 17.4. The van der Waals surface area contributed by atoms with E-state index in [-0.39, 0.29) is 17.9 Å². The lowest BCUT2D eigenvalue weighted by molar-refractivity contribution is 0.400. The lowest BCUT2D eigenvalue weighted by Crippen LogP contribution is -2.29. The van der Waals surface area contributed by atoms with Gasteiger partial charge in [-0.1, -0.05) is 6.07 Å². The summed E-state index contributed by atoms with van der Waals surface area (Å²) in [5.41, 5.74) is 2.28. The monoisotopic (exact) mass is 553 g/mol. The molecule has 0 aliphatic carbocycles. The van der Waals surface area contributed by atoms with E-state index in [9.17, 15) is 4.39 Å². The number of hydrogen-bond donors (Lipinski definition) is 1. The minimum atomic E-state index is -0.383. The van der Waals surface area contributed by atoms with Crippen LogP contribution in [0.4, 0.5) is 10.1 Å². The summed E-state index contributed by atoms with van der Waals surface area (Å²) in [5, 5.41) is 3.90. The number of anilines is 1. The van der Waals surface area contributed by atoms with Crippen LogP contribution in [-0.4, -0.2) is 24.3 Å². The van der Waals surface area contributed by atoms with Crippen molar-refractivity contribution in [1.82, 2.24) is 10.3 Å². The molecule has 2 atom stereocenters. The van der Waals surface area contributed by atoms with E-state index in [0.29, 0.717) is 32.6 Å². The maximum absolute atomic E-state index is 13.6. The molecule has 35 heavy (non-hydrogen) atoms. The Labute approximate surface area is 215 Å². The van der Waals surface area contributed by atoms with Gasteiger partial charge in [-0.3, -0.25) is 4.98 Å². The van der Waals surface area contributed by atoms with E-state index in [2.05, 4.69) is 26.2 Å². The number of nitrogens with zero attached hydrogens (tertiary/aromatic N) is 2. The maximum Gasteiger partial charge on any atom is 0.174 e. The van der Waals surface area contributed by atoms with Gasteiger partial charge >= 0.3 is 0 Å². The Morgan fingerprint density at radius 2 is 1.91 bits per heavy atom. The third-order valence-electron chi connectivity index (χ3n) is 5.86. The van der Waals surface area contributed by atoms with Crippen molar-refractivity contribution in [2.24, 2.45) is 0 Å². The number of ether oxygens (including phenoxy) is 2. The highest BCUT2D eigenvalue weighted by atomic mass is 79.9. The predicted octanol–water partition coefficient (Wildman–Crippen LogP) is 6.44. The molecule has 6 nitrogen and oxygen atoms in total. The Bertz CT molecular complexity index is 1380. The average Bonchev–Trinajstić information content (AvgIpc) is 3.48. The Balaban J connectivity index is 1.65. The Kier molecular flexibility index (Phi) is 6.44. The van der Waals surface area contributed by atoms with Gasteiger partial charge in [-0.15, -0.1) is 0 Å². The number of aromatic nitrogens is 1. The topological polar surface area (TPSA) is 59.8 Å². The largest absolute Gasteiger partial charge is 0.497 e. The van der Waals surface area contributed by atoms with Gasteiger partial charge in [0.2, 0.25) is 0 Å². The zero-order chi connectivity index (χ0) is 24.5. The molecule has 2 aromatic heterocycles. The van der Waals surface area contributed by atoms with E-state index in [1.807, 2.05) is 53.4 Å². The van der Waals surface area contributed by atoms with Crippen LogP contribution in [0.25, 0.3) is 11.3 Å². The molecule has 0 bridgehead atoms. The molecule has 1 fully saturated rings. The van der Waals surface area contributed by atoms with E-state index in [1.54, 1.807) is 26.5 Å². The molecule has 178 valence electrons. The standard InChI is InChI=1S/C26H21BrFN3O3S/c1-32-16-7-9-22(33-2)20(14-16)31-25(24(30-26(31)35)19-5-3-4-12-29-19)23-11-10-21(34-23)17-8-6-15(28)13-18(17)27/h3-14,24-25H,1-2H3,(H,30,35)/t24-,25+/m1/s1. The molecule has 9 heteroatoms. The van der Waals surface area contributed by atoms with Gasteiger partial charge < -0.3 is 24.1 Å². The summed E-state index contributed by atoms with van der Waals surface area (Å²) in [6, 6.07) is 18.9. The molecular formula is C26H21BrFN3O3S. The molecule has 4 aromatic rings. The first-order valence-corrected chi connectivity index (χ1v) is 12.0. The second-order valence-corrected chi connectivity index (χ2v) is 9.10. The van der Waals surface area contributed by atoms with Crippen molar-refractivity contribution in [2.45, 2.75) is 12.1 Å².